The Hall–Kier alpha value is 0.0400. The zero-order valence-corrected chi connectivity index (χ0v) is 20.8. The van der Waals surface area contributed by atoms with Crippen molar-refractivity contribution < 1.29 is 14.2 Å². The zero-order valence-electron chi connectivity index (χ0n) is 19.2. The van der Waals surface area contributed by atoms with Crippen molar-refractivity contribution in [3.05, 3.63) is 12.3 Å². The van der Waals surface area contributed by atoms with Crippen LogP contribution in [0.4, 0.5) is 0 Å². The van der Waals surface area contributed by atoms with Gasteiger partial charge in [0.05, 0.1) is 23.2 Å². The van der Waals surface area contributed by atoms with Gasteiger partial charge in [-0.15, -0.1) is 11.8 Å². The standard InChI is InChI=1S/C24H39N3O3S2/c1-4-14-29-21(7-1)24(22-9-6-16-30-22)23(20-8-5-15-28-20,27-25-11-18-32-27)19(10-17-31-24)26-12-2-3-13-26/h5,15,19-22,25H,1-4,6-14,16-18H2. The molecule has 8 heteroatoms. The average molecular weight is 482 g/mol. The van der Waals surface area contributed by atoms with Gasteiger partial charge in [0.25, 0.3) is 0 Å². The topological polar surface area (TPSA) is 46.2 Å². The second-order valence-electron chi connectivity index (χ2n) is 10.1. The van der Waals surface area contributed by atoms with Crippen molar-refractivity contribution in [2.75, 3.05) is 44.4 Å². The third-order valence-electron chi connectivity index (χ3n) is 8.61. The molecule has 5 fully saturated rings. The first-order valence-electron chi connectivity index (χ1n) is 13.0. The quantitative estimate of drug-likeness (QED) is 0.598. The van der Waals surface area contributed by atoms with E-state index in [0.717, 1.165) is 51.2 Å². The van der Waals surface area contributed by atoms with Crippen molar-refractivity contribution in [1.29, 1.82) is 0 Å². The van der Waals surface area contributed by atoms with E-state index in [-0.39, 0.29) is 28.6 Å². The first-order chi connectivity index (χ1) is 15.9. The molecule has 6 atom stereocenters. The van der Waals surface area contributed by atoms with E-state index in [1.807, 2.05) is 18.2 Å². The van der Waals surface area contributed by atoms with Gasteiger partial charge in [0, 0.05) is 38.0 Å². The fourth-order valence-electron chi connectivity index (χ4n) is 7.48. The second-order valence-corrected chi connectivity index (χ2v) is 12.5. The van der Waals surface area contributed by atoms with Crippen LogP contribution < -0.4 is 5.43 Å². The average Bonchev–Trinajstić information content (AvgIpc) is 3.67. The maximum atomic E-state index is 6.76. The molecular weight excluding hydrogens is 442 g/mol. The molecule has 0 saturated carbocycles. The van der Waals surface area contributed by atoms with Crippen LogP contribution in [0.5, 0.6) is 0 Å². The summed E-state index contributed by atoms with van der Waals surface area (Å²) in [5.41, 5.74) is 3.65. The minimum absolute atomic E-state index is 0.119. The Morgan fingerprint density at radius 3 is 2.34 bits per heavy atom. The highest BCUT2D eigenvalue weighted by Gasteiger charge is 2.73. The molecule has 0 spiro atoms. The summed E-state index contributed by atoms with van der Waals surface area (Å²) in [5.74, 6) is 2.30. The van der Waals surface area contributed by atoms with Gasteiger partial charge in [-0.25, -0.2) is 5.43 Å². The van der Waals surface area contributed by atoms with Gasteiger partial charge in [-0.3, -0.25) is 4.90 Å². The number of hydrazine groups is 1. The van der Waals surface area contributed by atoms with Gasteiger partial charge in [0.1, 0.15) is 11.6 Å². The maximum absolute atomic E-state index is 6.76. The molecular formula is C24H39N3O3S2. The predicted molar refractivity (Wildman–Crippen MR) is 131 cm³/mol. The number of hydrogen-bond acceptors (Lipinski definition) is 8. The molecule has 6 heterocycles. The van der Waals surface area contributed by atoms with Gasteiger partial charge in [0.2, 0.25) is 0 Å². The van der Waals surface area contributed by atoms with Crippen LogP contribution in [0.15, 0.2) is 12.3 Å². The van der Waals surface area contributed by atoms with Crippen molar-refractivity contribution in [3.8, 4) is 0 Å². The highest BCUT2D eigenvalue weighted by atomic mass is 32.2. The SMILES string of the molecule is C1=COC(C2(N3NCCS3)C(N3CCCC3)CCSC2(C2CCCCO2)C2CCCO2)C1. The summed E-state index contributed by atoms with van der Waals surface area (Å²) in [6, 6.07) is 0.448. The van der Waals surface area contributed by atoms with Gasteiger partial charge in [-0.1, -0.05) is 11.9 Å². The highest BCUT2D eigenvalue weighted by Crippen LogP contribution is 2.61. The molecule has 0 aliphatic carbocycles. The largest absolute Gasteiger partial charge is 0.496 e. The lowest BCUT2D eigenvalue weighted by Gasteiger charge is -2.66. The van der Waals surface area contributed by atoms with E-state index in [1.165, 1.54) is 50.9 Å². The number of nitrogens with zero attached hydrogens (tertiary/aromatic N) is 2. The van der Waals surface area contributed by atoms with Crippen LogP contribution in [-0.2, 0) is 14.2 Å². The summed E-state index contributed by atoms with van der Waals surface area (Å²) >= 11 is 4.16. The van der Waals surface area contributed by atoms with Crippen LogP contribution >= 0.6 is 23.7 Å². The Morgan fingerprint density at radius 2 is 1.69 bits per heavy atom. The number of nitrogens with one attached hydrogen (secondary N) is 1. The molecule has 6 unspecified atom stereocenters. The molecule has 6 nitrogen and oxygen atoms in total. The second kappa shape index (κ2) is 9.59. The predicted octanol–water partition coefficient (Wildman–Crippen LogP) is 3.58. The number of thioether (sulfide) groups is 1. The van der Waals surface area contributed by atoms with Gasteiger partial charge < -0.3 is 14.2 Å². The monoisotopic (exact) mass is 481 g/mol. The molecule has 0 aromatic rings. The van der Waals surface area contributed by atoms with Gasteiger partial charge >= 0.3 is 0 Å². The van der Waals surface area contributed by atoms with Crippen molar-refractivity contribution >= 4 is 23.7 Å². The van der Waals surface area contributed by atoms with E-state index in [0.29, 0.717) is 6.04 Å². The summed E-state index contributed by atoms with van der Waals surface area (Å²) in [6.07, 6.45) is 15.5. The molecule has 180 valence electrons. The van der Waals surface area contributed by atoms with Crippen LogP contribution in [0.25, 0.3) is 0 Å². The summed E-state index contributed by atoms with van der Waals surface area (Å²) in [5, 5.41) is 0. The van der Waals surface area contributed by atoms with E-state index >= 15 is 0 Å². The highest BCUT2D eigenvalue weighted by molar-refractivity contribution is 8.01. The van der Waals surface area contributed by atoms with E-state index in [9.17, 15) is 0 Å². The summed E-state index contributed by atoms with van der Waals surface area (Å²) in [7, 11) is 0. The molecule has 6 rings (SSSR count). The molecule has 6 aliphatic rings. The summed E-state index contributed by atoms with van der Waals surface area (Å²) < 4.78 is 22.5. The molecule has 0 aromatic carbocycles. The smallest absolute Gasteiger partial charge is 0.125 e. The van der Waals surface area contributed by atoms with Crippen molar-refractivity contribution in [3.63, 3.8) is 0 Å². The molecule has 6 aliphatic heterocycles. The lowest BCUT2D eigenvalue weighted by molar-refractivity contribution is -0.156. The Kier molecular flexibility index (Phi) is 6.74. The molecule has 32 heavy (non-hydrogen) atoms. The molecule has 1 N–H and O–H groups in total. The molecule has 0 radical (unpaired) electrons. The number of hydrogen-bond donors (Lipinski definition) is 1. The fraction of sp³-hybridized carbons (Fsp3) is 0.917. The lowest BCUT2D eigenvalue weighted by Crippen LogP contribution is -2.83. The van der Waals surface area contributed by atoms with Crippen LogP contribution in [0.3, 0.4) is 0 Å². The number of rotatable bonds is 5. The number of likely N-dealkylation sites (tertiary alicyclic amines) is 1. The van der Waals surface area contributed by atoms with Crippen molar-refractivity contribution in [2.24, 2.45) is 0 Å². The van der Waals surface area contributed by atoms with Crippen LogP contribution in [0.1, 0.15) is 57.8 Å². The van der Waals surface area contributed by atoms with Gasteiger partial charge in [-0.2, -0.15) is 4.41 Å². The first-order valence-corrected chi connectivity index (χ1v) is 14.9. The minimum atomic E-state index is -0.206. The van der Waals surface area contributed by atoms with E-state index < -0.39 is 0 Å². The van der Waals surface area contributed by atoms with Crippen LogP contribution in [-0.4, -0.2) is 88.3 Å². The Morgan fingerprint density at radius 1 is 0.875 bits per heavy atom. The lowest BCUT2D eigenvalue weighted by atomic mass is 9.64. The van der Waals surface area contributed by atoms with E-state index in [2.05, 4.69) is 32.6 Å². The molecule has 0 bridgehead atoms. The Bertz CT molecular complexity index is 663. The van der Waals surface area contributed by atoms with Crippen LogP contribution in [0, 0.1) is 0 Å². The van der Waals surface area contributed by atoms with Gasteiger partial charge in [-0.05, 0) is 76.3 Å². The Labute approximate surface area is 201 Å². The summed E-state index contributed by atoms with van der Waals surface area (Å²) in [4.78, 5) is 2.81. The van der Waals surface area contributed by atoms with Crippen LogP contribution in [0.2, 0.25) is 0 Å². The van der Waals surface area contributed by atoms with Crippen molar-refractivity contribution in [2.45, 2.75) is 92.4 Å². The van der Waals surface area contributed by atoms with Crippen molar-refractivity contribution in [1.82, 2.24) is 14.7 Å². The third-order valence-corrected chi connectivity index (χ3v) is 11.5. The van der Waals surface area contributed by atoms with Gasteiger partial charge in [0.15, 0.2) is 0 Å². The fourth-order valence-corrected chi connectivity index (χ4v) is 10.7. The molecule has 0 amide bonds. The first kappa shape index (κ1) is 22.5. The normalized spacial score (nSPS) is 46.1. The summed E-state index contributed by atoms with van der Waals surface area (Å²) in [6.45, 7) is 5.21. The molecule has 0 aromatic heterocycles. The zero-order chi connectivity index (χ0) is 21.4. The maximum Gasteiger partial charge on any atom is 0.125 e. The Balaban J connectivity index is 1.55. The molecule has 5 saturated heterocycles. The minimum Gasteiger partial charge on any atom is -0.496 e. The third kappa shape index (κ3) is 3.42. The van der Waals surface area contributed by atoms with E-state index in [1.54, 1.807) is 0 Å². The number of ether oxygens (including phenoxy) is 3. The van der Waals surface area contributed by atoms with E-state index in [4.69, 9.17) is 14.2 Å².